The van der Waals surface area contributed by atoms with Gasteiger partial charge in [0.05, 0.1) is 5.54 Å². The summed E-state index contributed by atoms with van der Waals surface area (Å²) in [6, 6.07) is 8.81. The molecule has 0 aliphatic heterocycles. The van der Waals surface area contributed by atoms with Crippen LogP contribution in [0.3, 0.4) is 0 Å². The summed E-state index contributed by atoms with van der Waals surface area (Å²) in [5.74, 6) is 1.66. The maximum Gasteiger partial charge on any atom is 0.0521 e. The standard InChI is InChI=1S/C19H32N2/c1-15(2)17-8-6-11-19(14-20,12-10-17)21(4)18-9-5-7-16(3)13-18/h5,7,9,13,15,17H,6,8,10-12,14,20H2,1-4H3. The molecule has 1 aliphatic rings. The molecule has 2 rings (SSSR count). The lowest BCUT2D eigenvalue weighted by molar-refractivity contribution is 0.320. The monoisotopic (exact) mass is 288 g/mol. The van der Waals surface area contributed by atoms with Crippen LogP contribution in [0, 0.1) is 18.8 Å². The van der Waals surface area contributed by atoms with Crippen LogP contribution in [0.25, 0.3) is 0 Å². The molecule has 0 amide bonds. The highest BCUT2D eigenvalue weighted by Gasteiger charge is 2.36. The summed E-state index contributed by atoms with van der Waals surface area (Å²) >= 11 is 0. The van der Waals surface area contributed by atoms with Gasteiger partial charge in [0.1, 0.15) is 0 Å². The normalized spacial score (nSPS) is 26.7. The van der Waals surface area contributed by atoms with E-state index in [-0.39, 0.29) is 5.54 Å². The SMILES string of the molecule is Cc1cccc(N(C)C2(CN)CCCC(C(C)C)CC2)c1. The van der Waals surface area contributed by atoms with Crippen LogP contribution in [0.1, 0.15) is 51.5 Å². The number of nitrogens with zero attached hydrogens (tertiary/aromatic N) is 1. The van der Waals surface area contributed by atoms with Crippen LogP contribution >= 0.6 is 0 Å². The molecule has 0 heterocycles. The maximum absolute atomic E-state index is 6.26. The number of aryl methyl sites for hydroxylation is 1. The van der Waals surface area contributed by atoms with Gasteiger partial charge in [-0.25, -0.2) is 0 Å². The van der Waals surface area contributed by atoms with Crippen LogP contribution in [0.15, 0.2) is 24.3 Å². The number of rotatable bonds is 4. The average Bonchev–Trinajstić information content (AvgIpc) is 2.70. The third-order valence-corrected chi connectivity index (χ3v) is 5.62. The van der Waals surface area contributed by atoms with Crippen LogP contribution in [0.2, 0.25) is 0 Å². The minimum atomic E-state index is 0.136. The van der Waals surface area contributed by atoms with E-state index in [0.29, 0.717) is 0 Å². The number of hydrogen-bond acceptors (Lipinski definition) is 2. The fraction of sp³-hybridized carbons (Fsp3) is 0.684. The van der Waals surface area contributed by atoms with Gasteiger partial charge in [0.15, 0.2) is 0 Å². The second kappa shape index (κ2) is 6.83. The Labute approximate surface area is 130 Å². The Morgan fingerprint density at radius 1 is 1.29 bits per heavy atom. The summed E-state index contributed by atoms with van der Waals surface area (Å²) in [4.78, 5) is 2.46. The zero-order valence-corrected chi connectivity index (χ0v) is 14.2. The second-order valence-corrected chi connectivity index (χ2v) is 7.26. The molecule has 1 aromatic carbocycles. The van der Waals surface area contributed by atoms with Gasteiger partial charge in [-0.2, -0.15) is 0 Å². The molecule has 1 aliphatic carbocycles. The van der Waals surface area contributed by atoms with Crippen molar-refractivity contribution in [3.8, 4) is 0 Å². The Balaban J connectivity index is 2.20. The van der Waals surface area contributed by atoms with Crippen molar-refractivity contribution < 1.29 is 0 Å². The zero-order valence-electron chi connectivity index (χ0n) is 14.2. The predicted molar refractivity (Wildman–Crippen MR) is 92.8 cm³/mol. The minimum absolute atomic E-state index is 0.136. The molecule has 1 aromatic rings. The van der Waals surface area contributed by atoms with E-state index >= 15 is 0 Å². The van der Waals surface area contributed by atoms with Gasteiger partial charge >= 0.3 is 0 Å². The van der Waals surface area contributed by atoms with Crippen LogP contribution in [-0.4, -0.2) is 19.1 Å². The average molecular weight is 288 g/mol. The smallest absolute Gasteiger partial charge is 0.0521 e. The van der Waals surface area contributed by atoms with E-state index in [1.165, 1.54) is 43.4 Å². The molecule has 2 heteroatoms. The van der Waals surface area contributed by atoms with Crippen molar-refractivity contribution in [3.05, 3.63) is 29.8 Å². The summed E-state index contributed by atoms with van der Waals surface area (Å²) in [6.07, 6.45) is 6.41. The molecular formula is C19H32N2. The molecule has 0 radical (unpaired) electrons. The van der Waals surface area contributed by atoms with E-state index in [0.717, 1.165) is 18.4 Å². The first-order valence-corrected chi connectivity index (χ1v) is 8.49. The van der Waals surface area contributed by atoms with Crippen LogP contribution in [-0.2, 0) is 0 Å². The highest BCUT2D eigenvalue weighted by Crippen LogP contribution is 2.38. The number of anilines is 1. The molecule has 1 saturated carbocycles. The van der Waals surface area contributed by atoms with E-state index < -0.39 is 0 Å². The van der Waals surface area contributed by atoms with E-state index in [1.54, 1.807) is 0 Å². The van der Waals surface area contributed by atoms with Gasteiger partial charge in [-0.1, -0.05) is 38.8 Å². The third kappa shape index (κ3) is 3.60. The summed E-state index contributed by atoms with van der Waals surface area (Å²) in [5.41, 5.74) is 9.03. The molecular weight excluding hydrogens is 256 g/mol. The van der Waals surface area contributed by atoms with Gasteiger partial charge in [-0.05, 0) is 55.7 Å². The van der Waals surface area contributed by atoms with Gasteiger partial charge in [0, 0.05) is 19.3 Å². The van der Waals surface area contributed by atoms with Gasteiger partial charge in [-0.15, -0.1) is 0 Å². The molecule has 0 saturated heterocycles. The van der Waals surface area contributed by atoms with Crippen molar-refractivity contribution >= 4 is 5.69 Å². The lowest BCUT2D eigenvalue weighted by Gasteiger charge is -2.42. The first-order chi connectivity index (χ1) is 9.98. The van der Waals surface area contributed by atoms with Crippen molar-refractivity contribution in [1.82, 2.24) is 0 Å². The molecule has 118 valence electrons. The van der Waals surface area contributed by atoms with Gasteiger partial charge in [0.2, 0.25) is 0 Å². The molecule has 2 unspecified atom stereocenters. The molecule has 2 N–H and O–H groups in total. The predicted octanol–water partition coefficient (Wildman–Crippen LogP) is 4.37. The Hall–Kier alpha value is -1.02. The summed E-state index contributed by atoms with van der Waals surface area (Å²) in [6.45, 7) is 7.64. The van der Waals surface area contributed by atoms with Crippen molar-refractivity contribution in [3.63, 3.8) is 0 Å². The largest absolute Gasteiger partial charge is 0.368 e. The van der Waals surface area contributed by atoms with Crippen LogP contribution in [0.4, 0.5) is 5.69 Å². The molecule has 0 aromatic heterocycles. The minimum Gasteiger partial charge on any atom is -0.368 e. The third-order valence-electron chi connectivity index (χ3n) is 5.62. The lowest BCUT2D eigenvalue weighted by atomic mass is 9.85. The summed E-state index contributed by atoms with van der Waals surface area (Å²) in [7, 11) is 2.23. The number of hydrogen-bond donors (Lipinski definition) is 1. The van der Waals surface area contributed by atoms with Crippen LogP contribution in [0.5, 0.6) is 0 Å². The second-order valence-electron chi connectivity index (χ2n) is 7.26. The number of benzene rings is 1. The highest BCUT2D eigenvalue weighted by atomic mass is 15.2. The Kier molecular flexibility index (Phi) is 5.32. The van der Waals surface area contributed by atoms with Crippen molar-refractivity contribution in [2.75, 3.05) is 18.5 Å². The summed E-state index contributed by atoms with van der Waals surface area (Å²) < 4.78 is 0. The van der Waals surface area contributed by atoms with E-state index in [9.17, 15) is 0 Å². The van der Waals surface area contributed by atoms with Crippen molar-refractivity contribution in [2.45, 2.75) is 58.4 Å². The van der Waals surface area contributed by atoms with Gasteiger partial charge < -0.3 is 10.6 Å². The highest BCUT2D eigenvalue weighted by molar-refractivity contribution is 5.50. The molecule has 0 spiro atoms. The quantitative estimate of drug-likeness (QED) is 0.834. The number of likely N-dealkylation sites (N-methyl/N-ethyl adjacent to an activating group) is 1. The molecule has 2 atom stereocenters. The molecule has 1 fully saturated rings. The van der Waals surface area contributed by atoms with Crippen LogP contribution < -0.4 is 10.6 Å². The van der Waals surface area contributed by atoms with E-state index in [1.807, 2.05) is 0 Å². The number of nitrogens with two attached hydrogens (primary N) is 1. The molecule has 0 bridgehead atoms. The Morgan fingerprint density at radius 2 is 2.05 bits per heavy atom. The zero-order chi connectivity index (χ0) is 15.5. The van der Waals surface area contributed by atoms with E-state index in [2.05, 4.69) is 57.0 Å². The Morgan fingerprint density at radius 3 is 2.67 bits per heavy atom. The molecule has 21 heavy (non-hydrogen) atoms. The van der Waals surface area contributed by atoms with E-state index in [4.69, 9.17) is 5.73 Å². The first-order valence-electron chi connectivity index (χ1n) is 8.49. The fourth-order valence-corrected chi connectivity index (χ4v) is 3.87. The topological polar surface area (TPSA) is 29.3 Å². The maximum atomic E-state index is 6.26. The lowest BCUT2D eigenvalue weighted by Crippen LogP contribution is -2.52. The van der Waals surface area contributed by atoms with Crippen molar-refractivity contribution in [2.24, 2.45) is 17.6 Å². The van der Waals surface area contributed by atoms with Gasteiger partial charge in [0.25, 0.3) is 0 Å². The first kappa shape index (κ1) is 16.4. The van der Waals surface area contributed by atoms with Crippen molar-refractivity contribution in [1.29, 1.82) is 0 Å². The molecule has 2 nitrogen and oxygen atoms in total. The van der Waals surface area contributed by atoms with Gasteiger partial charge in [-0.3, -0.25) is 0 Å². The fourth-order valence-electron chi connectivity index (χ4n) is 3.87. The summed E-state index contributed by atoms with van der Waals surface area (Å²) in [5, 5.41) is 0. The Bertz CT molecular complexity index is 455.